The van der Waals surface area contributed by atoms with Crippen LogP contribution in [0, 0.1) is 5.41 Å². The fourth-order valence-corrected chi connectivity index (χ4v) is 4.24. The second kappa shape index (κ2) is 6.45. The predicted molar refractivity (Wildman–Crippen MR) is 91.6 cm³/mol. The van der Waals surface area contributed by atoms with Gasteiger partial charge in [0.15, 0.2) is 12.5 Å². The van der Waals surface area contributed by atoms with E-state index in [0.717, 1.165) is 0 Å². The molecule has 4 rings (SSSR count). The molecule has 0 amide bonds. The molecule has 0 aromatic rings. The lowest BCUT2D eigenvalue weighted by Gasteiger charge is -2.43. The molecule has 0 aliphatic carbocycles. The average molecular weight is 420 g/mol. The summed E-state index contributed by atoms with van der Waals surface area (Å²) in [5.74, 6) is 6.95. The molecule has 156 valence electrons. The maximum Gasteiger partial charge on any atom is 0.472 e. The van der Waals surface area contributed by atoms with Gasteiger partial charge in [0.25, 0.3) is 0 Å². The standard InChI is InChI=1S/C13H21N6O8P/c1-5-13-2-6(18(14)3-13)17-19(12(13)16-4-15-5)10-8(21)7(20)9(26-10)11(22)27-28(23,24)25/h2,4-5,7-11,17,20-22H,3,14H2,1H3,(H2,23,24,25)/t5?,7-,8+,9-,10+,11?,13?/m0/s1. The number of nitrogens with two attached hydrogens (primary N) is 1. The van der Waals surface area contributed by atoms with Crippen molar-refractivity contribution in [3.8, 4) is 0 Å². The molecular weight excluding hydrogens is 399 g/mol. The smallest absolute Gasteiger partial charge is 0.387 e. The van der Waals surface area contributed by atoms with Crippen molar-refractivity contribution in [3.63, 3.8) is 0 Å². The van der Waals surface area contributed by atoms with Crippen LogP contribution in [0.1, 0.15) is 6.92 Å². The predicted octanol–water partition coefficient (Wildman–Crippen LogP) is -3.47. The largest absolute Gasteiger partial charge is 0.472 e. The van der Waals surface area contributed by atoms with E-state index in [1.54, 1.807) is 0 Å². The minimum atomic E-state index is -5.05. The summed E-state index contributed by atoms with van der Waals surface area (Å²) < 4.78 is 20.6. The summed E-state index contributed by atoms with van der Waals surface area (Å²) in [6.45, 7) is 2.24. The number of aliphatic hydroxyl groups is 3. The van der Waals surface area contributed by atoms with Gasteiger partial charge in [-0.05, 0) is 13.0 Å². The topological polar surface area (TPSA) is 206 Å². The number of aliphatic imine (C=N–C) groups is 2. The number of rotatable bonds is 4. The number of amidine groups is 1. The van der Waals surface area contributed by atoms with E-state index in [0.29, 0.717) is 18.2 Å². The van der Waals surface area contributed by atoms with E-state index in [1.165, 1.54) is 16.4 Å². The Hall–Kier alpha value is -1.61. The molecule has 3 unspecified atom stereocenters. The van der Waals surface area contributed by atoms with Gasteiger partial charge in [0.05, 0.1) is 18.0 Å². The second-order valence-corrected chi connectivity index (χ2v) is 8.22. The van der Waals surface area contributed by atoms with Crippen LogP contribution >= 0.6 is 7.82 Å². The summed E-state index contributed by atoms with van der Waals surface area (Å²) in [5.41, 5.74) is 2.24. The highest BCUT2D eigenvalue weighted by Crippen LogP contribution is 2.44. The molecule has 4 aliphatic heterocycles. The van der Waals surface area contributed by atoms with Crippen LogP contribution in [0.2, 0.25) is 0 Å². The van der Waals surface area contributed by atoms with Crippen LogP contribution < -0.4 is 11.3 Å². The van der Waals surface area contributed by atoms with Crippen molar-refractivity contribution < 1.29 is 38.9 Å². The monoisotopic (exact) mass is 420 g/mol. The molecule has 14 nitrogen and oxygen atoms in total. The van der Waals surface area contributed by atoms with Gasteiger partial charge in [-0.3, -0.25) is 20.0 Å². The van der Waals surface area contributed by atoms with Crippen molar-refractivity contribution in [2.24, 2.45) is 21.2 Å². The van der Waals surface area contributed by atoms with E-state index < -0.39 is 44.1 Å². The van der Waals surface area contributed by atoms with Crippen molar-refractivity contribution in [1.29, 1.82) is 0 Å². The van der Waals surface area contributed by atoms with Gasteiger partial charge < -0.3 is 29.8 Å². The first-order valence-corrected chi connectivity index (χ1v) is 9.91. The van der Waals surface area contributed by atoms with Crippen LogP contribution in [-0.4, -0.2) is 90.7 Å². The maximum absolute atomic E-state index is 11.0. The van der Waals surface area contributed by atoms with Crippen LogP contribution in [0.5, 0.6) is 0 Å². The van der Waals surface area contributed by atoms with Crippen molar-refractivity contribution >= 4 is 20.0 Å². The SMILES string of the molecule is CC1N=CN=C2N([C@@H]3O[C@H](C(O)OP(=O)(O)O)[C@@H](O)[C@H]3O)NC3=CC21CN3N. The first kappa shape index (κ1) is 19.7. The first-order valence-electron chi connectivity index (χ1n) is 8.38. The van der Waals surface area contributed by atoms with Crippen LogP contribution in [0.25, 0.3) is 0 Å². The highest BCUT2D eigenvalue weighted by molar-refractivity contribution is 7.46. The molecule has 28 heavy (non-hydrogen) atoms. The van der Waals surface area contributed by atoms with Gasteiger partial charge in [-0.1, -0.05) is 0 Å². The molecule has 1 fully saturated rings. The van der Waals surface area contributed by atoms with E-state index in [9.17, 15) is 19.9 Å². The molecule has 15 heteroatoms. The number of nitrogens with one attached hydrogen (secondary N) is 1. The number of hydrogen-bond donors (Lipinski definition) is 7. The third kappa shape index (κ3) is 2.94. The molecule has 0 radical (unpaired) electrons. The molecule has 0 aromatic carbocycles. The first-order chi connectivity index (χ1) is 13.0. The van der Waals surface area contributed by atoms with Crippen LogP contribution in [-0.2, 0) is 13.8 Å². The highest BCUT2D eigenvalue weighted by Gasteiger charge is 2.58. The molecular formula is C13H21N6O8P. The summed E-state index contributed by atoms with van der Waals surface area (Å²) in [7, 11) is -5.05. The number of nitrogens with zero attached hydrogens (tertiary/aromatic N) is 4. The Morgan fingerprint density at radius 3 is 2.86 bits per heavy atom. The van der Waals surface area contributed by atoms with Crippen molar-refractivity contribution in [2.75, 3.05) is 6.54 Å². The number of ether oxygens (including phenoxy) is 1. The van der Waals surface area contributed by atoms with Gasteiger partial charge in [-0.2, -0.15) is 0 Å². The molecule has 1 saturated heterocycles. The number of aliphatic hydroxyl groups excluding tert-OH is 3. The minimum Gasteiger partial charge on any atom is -0.387 e. The van der Waals surface area contributed by atoms with E-state index in [2.05, 4.69) is 19.9 Å². The zero-order chi connectivity index (χ0) is 20.4. The molecule has 0 saturated carbocycles. The van der Waals surface area contributed by atoms with Crippen LogP contribution in [0.15, 0.2) is 21.9 Å². The minimum absolute atomic E-state index is 0.226. The van der Waals surface area contributed by atoms with Gasteiger partial charge in [0, 0.05) is 0 Å². The average Bonchev–Trinajstić information content (AvgIpc) is 3.03. The van der Waals surface area contributed by atoms with Crippen molar-refractivity contribution in [2.45, 2.75) is 43.8 Å². The van der Waals surface area contributed by atoms with Gasteiger partial charge in [-0.15, -0.1) is 0 Å². The quantitative estimate of drug-likeness (QED) is 0.135. The fourth-order valence-electron chi connectivity index (χ4n) is 3.83. The van der Waals surface area contributed by atoms with Gasteiger partial charge in [0.1, 0.15) is 36.3 Å². The van der Waals surface area contributed by atoms with Gasteiger partial charge >= 0.3 is 7.82 Å². The zero-order valence-electron chi connectivity index (χ0n) is 14.6. The van der Waals surface area contributed by atoms with Crippen molar-refractivity contribution in [1.82, 2.24) is 15.4 Å². The van der Waals surface area contributed by atoms with E-state index in [4.69, 9.17) is 20.4 Å². The molecule has 8 N–H and O–H groups in total. The zero-order valence-corrected chi connectivity index (χ0v) is 15.5. The summed E-state index contributed by atoms with van der Waals surface area (Å²) in [4.78, 5) is 26.3. The number of hydrazine groups is 2. The Kier molecular flexibility index (Phi) is 4.54. The molecule has 2 bridgehead atoms. The lowest BCUT2D eigenvalue weighted by atomic mass is 9.79. The lowest BCUT2D eigenvalue weighted by Crippen LogP contribution is -2.61. The fraction of sp³-hybridized carbons (Fsp3) is 0.692. The Morgan fingerprint density at radius 1 is 1.46 bits per heavy atom. The lowest BCUT2D eigenvalue weighted by molar-refractivity contribution is -0.168. The van der Waals surface area contributed by atoms with Gasteiger partial charge in [-0.25, -0.2) is 20.4 Å². The van der Waals surface area contributed by atoms with E-state index in [1.807, 2.05) is 13.0 Å². The summed E-state index contributed by atoms with van der Waals surface area (Å²) >= 11 is 0. The Balaban J connectivity index is 1.63. The summed E-state index contributed by atoms with van der Waals surface area (Å²) in [5, 5.41) is 33.4. The van der Waals surface area contributed by atoms with Crippen LogP contribution in [0.3, 0.4) is 0 Å². The molecule has 0 aromatic heterocycles. The van der Waals surface area contributed by atoms with E-state index in [-0.39, 0.29) is 6.04 Å². The van der Waals surface area contributed by atoms with E-state index >= 15 is 0 Å². The molecule has 1 spiro atoms. The third-order valence-electron chi connectivity index (χ3n) is 5.29. The normalized spacial score (nSPS) is 40.8. The summed E-state index contributed by atoms with van der Waals surface area (Å²) in [6, 6.07) is -0.226. The molecule has 4 heterocycles. The Morgan fingerprint density at radius 2 is 2.18 bits per heavy atom. The molecule has 7 atom stereocenters. The van der Waals surface area contributed by atoms with Crippen molar-refractivity contribution in [3.05, 3.63) is 11.9 Å². The number of hydrogen-bond acceptors (Lipinski definition) is 12. The maximum atomic E-state index is 11.0. The number of phosphoric acid groups is 1. The van der Waals surface area contributed by atoms with Gasteiger partial charge in [0.2, 0.25) is 0 Å². The van der Waals surface area contributed by atoms with Crippen LogP contribution in [0.4, 0.5) is 0 Å². The number of phosphoric ester groups is 1. The third-order valence-corrected chi connectivity index (χ3v) is 5.78. The highest BCUT2D eigenvalue weighted by atomic mass is 31.2. The summed E-state index contributed by atoms with van der Waals surface area (Å²) in [6.07, 6.45) is -5.09. The Bertz CT molecular complexity index is 802. The molecule has 4 aliphatic rings. The second-order valence-electron chi connectivity index (χ2n) is 7.03. The Labute approximate surface area is 158 Å².